The molecule has 124 valence electrons. The summed E-state index contributed by atoms with van der Waals surface area (Å²) in [6.07, 6.45) is 3.78. The minimum absolute atomic E-state index is 0.0889. The second-order valence-corrected chi connectivity index (χ2v) is 5.98. The Morgan fingerprint density at radius 1 is 1.08 bits per heavy atom. The number of carbonyl (C=O) groups is 2. The molecular formula is C20H21NO3. The molecule has 4 heteroatoms. The highest BCUT2D eigenvalue weighted by Gasteiger charge is 2.13. The van der Waals surface area contributed by atoms with Crippen molar-refractivity contribution in [2.24, 2.45) is 0 Å². The molecule has 0 heterocycles. The van der Waals surface area contributed by atoms with Gasteiger partial charge in [0.25, 0.3) is 0 Å². The lowest BCUT2D eigenvalue weighted by molar-refractivity contribution is -0.115. The van der Waals surface area contributed by atoms with E-state index in [9.17, 15) is 9.59 Å². The lowest BCUT2D eigenvalue weighted by Gasteiger charge is -2.08. The van der Waals surface area contributed by atoms with Crippen molar-refractivity contribution in [3.05, 3.63) is 64.7 Å². The van der Waals surface area contributed by atoms with Gasteiger partial charge < -0.3 is 10.1 Å². The van der Waals surface area contributed by atoms with E-state index in [1.807, 2.05) is 6.07 Å². The average molecular weight is 323 g/mol. The highest BCUT2D eigenvalue weighted by atomic mass is 16.5. The van der Waals surface area contributed by atoms with Crippen LogP contribution in [0.4, 0.5) is 5.69 Å². The number of esters is 1. The Morgan fingerprint density at radius 3 is 2.75 bits per heavy atom. The molecule has 0 spiro atoms. The van der Waals surface area contributed by atoms with Crippen molar-refractivity contribution in [2.45, 2.75) is 32.6 Å². The molecule has 1 N–H and O–H groups in total. The first-order chi connectivity index (χ1) is 11.7. The molecule has 4 nitrogen and oxygen atoms in total. The molecule has 1 aliphatic carbocycles. The average Bonchev–Trinajstić information content (AvgIpc) is 3.03. The summed E-state index contributed by atoms with van der Waals surface area (Å²) >= 11 is 0. The van der Waals surface area contributed by atoms with Crippen LogP contribution < -0.4 is 5.32 Å². The Kier molecular flexibility index (Phi) is 4.94. The number of carbonyl (C=O) groups excluding carboxylic acids is 2. The quantitative estimate of drug-likeness (QED) is 0.856. The number of rotatable bonds is 5. The Bertz CT molecular complexity index is 767. The van der Waals surface area contributed by atoms with E-state index in [1.165, 1.54) is 17.5 Å². The summed E-state index contributed by atoms with van der Waals surface area (Å²) in [6.45, 7) is 2.09. The van der Waals surface area contributed by atoms with Crippen LogP contribution in [0, 0.1) is 0 Å². The van der Waals surface area contributed by atoms with Gasteiger partial charge in [-0.1, -0.05) is 24.3 Å². The summed E-state index contributed by atoms with van der Waals surface area (Å²) in [5.74, 6) is -0.471. The topological polar surface area (TPSA) is 55.4 Å². The van der Waals surface area contributed by atoms with Crippen LogP contribution in [0.3, 0.4) is 0 Å². The SMILES string of the molecule is CCOC(=O)c1cccc(NC(=O)Cc2ccc3c(c2)CCC3)c1. The van der Waals surface area contributed by atoms with Gasteiger partial charge in [0.05, 0.1) is 18.6 Å². The summed E-state index contributed by atoms with van der Waals surface area (Å²) in [5, 5.41) is 2.85. The van der Waals surface area contributed by atoms with Gasteiger partial charge in [0.2, 0.25) is 5.91 Å². The number of fused-ring (bicyclic) bond motifs is 1. The van der Waals surface area contributed by atoms with Crippen LogP contribution in [-0.2, 0) is 28.8 Å². The zero-order valence-corrected chi connectivity index (χ0v) is 13.8. The lowest BCUT2D eigenvalue weighted by Crippen LogP contribution is -2.15. The van der Waals surface area contributed by atoms with E-state index in [0.717, 1.165) is 18.4 Å². The number of hydrogen-bond donors (Lipinski definition) is 1. The monoisotopic (exact) mass is 323 g/mol. The zero-order chi connectivity index (χ0) is 16.9. The highest BCUT2D eigenvalue weighted by molar-refractivity contribution is 5.95. The fourth-order valence-corrected chi connectivity index (χ4v) is 3.06. The van der Waals surface area contributed by atoms with E-state index in [2.05, 4.69) is 17.4 Å². The molecule has 0 bridgehead atoms. The predicted molar refractivity (Wildman–Crippen MR) is 93.2 cm³/mol. The molecule has 1 aliphatic rings. The van der Waals surface area contributed by atoms with Gasteiger partial charge in [-0.2, -0.15) is 0 Å². The number of amides is 1. The molecule has 0 saturated carbocycles. The number of ether oxygens (including phenoxy) is 1. The van der Waals surface area contributed by atoms with Crippen molar-refractivity contribution in [3.63, 3.8) is 0 Å². The van der Waals surface area contributed by atoms with Crippen molar-refractivity contribution in [3.8, 4) is 0 Å². The van der Waals surface area contributed by atoms with Crippen LogP contribution in [0.5, 0.6) is 0 Å². The normalized spacial score (nSPS) is 12.5. The summed E-state index contributed by atoms with van der Waals surface area (Å²) < 4.78 is 4.97. The number of aryl methyl sites for hydroxylation is 2. The van der Waals surface area contributed by atoms with E-state index in [4.69, 9.17) is 4.74 Å². The van der Waals surface area contributed by atoms with Crippen LogP contribution in [0.25, 0.3) is 0 Å². The van der Waals surface area contributed by atoms with Gasteiger partial charge in [-0.15, -0.1) is 0 Å². The molecule has 0 fully saturated rings. The Balaban J connectivity index is 1.64. The summed E-state index contributed by atoms with van der Waals surface area (Å²) in [4.78, 5) is 24.0. The third-order valence-corrected chi connectivity index (χ3v) is 4.19. The van der Waals surface area contributed by atoms with Crippen LogP contribution in [-0.4, -0.2) is 18.5 Å². The van der Waals surface area contributed by atoms with Gasteiger partial charge in [-0.3, -0.25) is 4.79 Å². The molecule has 0 radical (unpaired) electrons. The Morgan fingerprint density at radius 2 is 1.92 bits per heavy atom. The third kappa shape index (κ3) is 3.82. The third-order valence-electron chi connectivity index (χ3n) is 4.19. The fourth-order valence-electron chi connectivity index (χ4n) is 3.06. The Hall–Kier alpha value is -2.62. The largest absolute Gasteiger partial charge is 0.462 e. The first-order valence-corrected chi connectivity index (χ1v) is 8.33. The van der Waals surface area contributed by atoms with E-state index >= 15 is 0 Å². The van der Waals surface area contributed by atoms with E-state index in [0.29, 0.717) is 24.3 Å². The molecular weight excluding hydrogens is 302 g/mol. The number of benzene rings is 2. The molecule has 3 rings (SSSR count). The molecule has 0 aromatic heterocycles. The maximum atomic E-state index is 12.3. The maximum absolute atomic E-state index is 12.3. The van der Waals surface area contributed by atoms with Crippen LogP contribution in [0.1, 0.15) is 40.4 Å². The predicted octanol–water partition coefficient (Wildman–Crippen LogP) is 3.53. The second-order valence-electron chi connectivity index (χ2n) is 5.98. The van der Waals surface area contributed by atoms with Crippen molar-refractivity contribution in [1.29, 1.82) is 0 Å². The summed E-state index contributed by atoms with van der Waals surface area (Å²) in [5.41, 5.74) is 4.83. The van der Waals surface area contributed by atoms with Crippen molar-refractivity contribution < 1.29 is 14.3 Å². The minimum Gasteiger partial charge on any atom is -0.462 e. The number of hydrogen-bond acceptors (Lipinski definition) is 3. The highest BCUT2D eigenvalue weighted by Crippen LogP contribution is 2.23. The fraction of sp³-hybridized carbons (Fsp3) is 0.300. The molecule has 0 unspecified atom stereocenters. The van der Waals surface area contributed by atoms with E-state index < -0.39 is 0 Å². The van der Waals surface area contributed by atoms with Crippen LogP contribution >= 0.6 is 0 Å². The van der Waals surface area contributed by atoms with Gasteiger partial charge in [0.15, 0.2) is 0 Å². The molecule has 0 atom stereocenters. The van der Waals surface area contributed by atoms with Gasteiger partial charge in [-0.05, 0) is 61.1 Å². The molecule has 2 aromatic carbocycles. The van der Waals surface area contributed by atoms with Crippen LogP contribution in [0.15, 0.2) is 42.5 Å². The molecule has 24 heavy (non-hydrogen) atoms. The zero-order valence-electron chi connectivity index (χ0n) is 13.8. The van der Waals surface area contributed by atoms with Gasteiger partial charge in [0, 0.05) is 5.69 Å². The van der Waals surface area contributed by atoms with Gasteiger partial charge in [-0.25, -0.2) is 4.79 Å². The Labute approximate surface area is 141 Å². The number of anilines is 1. The molecule has 2 aromatic rings. The molecule has 0 saturated heterocycles. The molecule has 1 amide bonds. The maximum Gasteiger partial charge on any atom is 0.338 e. The van der Waals surface area contributed by atoms with Crippen molar-refractivity contribution in [2.75, 3.05) is 11.9 Å². The second kappa shape index (κ2) is 7.30. The summed E-state index contributed by atoms with van der Waals surface area (Å²) in [6, 6.07) is 13.1. The molecule has 0 aliphatic heterocycles. The van der Waals surface area contributed by atoms with Gasteiger partial charge >= 0.3 is 5.97 Å². The first-order valence-electron chi connectivity index (χ1n) is 8.33. The van der Waals surface area contributed by atoms with E-state index in [1.54, 1.807) is 31.2 Å². The standard InChI is InChI=1S/C20H21NO3/c1-2-24-20(23)17-7-4-8-18(13-17)21-19(22)12-14-9-10-15-5-3-6-16(15)11-14/h4,7-11,13H,2-3,5-6,12H2,1H3,(H,21,22). The van der Waals surface area contributed by atoms with Crippen LogP contribution in [0.2, 0.25) is 0 Å². The van der Waals surface area contributed by atoms with Crippen molar-refractivity contribution >= 4 is 17.6 Å². The lowest BCUT2D eigenvalue weighted by atomic mass is 10.0. The number of nitrogens with one attached hydrogen (secondary N) is 1. The minimum atomic E-state index is -0.382. The van der Waals surface area contributed by atoms with E-state index in [-0.39, 0.29) is 11.9 Å². The smallest absolute Gasteiger partial charge is 0.338 e. The van der Waals surface area contributed by atoms with Gasteiger partial charge in [0.1, 0.15) is 0 Å². The first kappa shape index (κ1) is 16.2. The van der Waals surface area contributed by atoms with Crippen molar-refractivity contribution in [1.82, 2.24) is 0 Å². The summed E-state index contributed by atoms with van der Waals surface area (Å²) in [7, 11) is 0.